The van der Waals surface area contributed by atoms with Gasteiger partial charge in [0, 0.05) is 11.0 Å². The molecule has 4 aromatic rings. The molecule has 0 radical (unpaired) electrons. The number of rotatable bonds is 9. The summed E-state index contributed by atoms with van der Waals surface area (Å²) < 4.78 is 12.7. The predicted molar refractivity (Wildman–Crippen MR) is 186 cm³/mol. The molecule has 0 N–H and O–H groups in total. The summed E-state index contributed by atoms with van der Waals surface area (Å²) in [5, 5.41) is 19.7. The van der Waals surface area contributed by atoms with Crippen molar-refractivity contribution in [1.82, 2.24) is 0 Å². The third-order valence-corrected chi connectivity index (χ3v) is 9.72. The molecule has 1 aliphatic carbocycles. The highest BCUT2D eigenvalue weighted by atomic mass is 35.5. The Labute approximate surface area is 283 Å². The van der Waals surface area contributed by atoms with E-state index < -0.39 is 0 Å². The molecule has 5 rings (SSSR count). The molecule has 0 aliphatic heterocycles. The quantitative estimate of drug-likeness (QED) is 0.169. The van der Waals surface area contributed by atoms with Crippen LogP contribution in [0.15, 0.2) is 84.9 Å². The first kappa shape index (κ1) is 33.4. The summed E-state index contributed by atoms with van der Waals surface area (Å²) in [7, 11) is 0. The molecule has 4 unspecified atom stereocenters. The third kappa shape index (κ3) is 6.90. The van der Waals surface area contributed by atoms with Gasteiger partial charge in [-0.25, -0.2) is 0 Å². The molecule has 4 atom stereocenters. The van der Waals surface area contributed by atoms with Crippen LogP contribution in [-0.2, 0) is 5.41 Å². The number of benzene rings is 4. The summed E-state index contributed by atoms with van der Waals surface area (Å²) in [5.74, 6) is 2.46. The van der Waals surface area contributed by atoms with Crippen LogP contribution in [0.4, 0.5) is 0 Å². The van der Waals surface area contributed by atoms with Crippen molar-refractivity contribution in [2.45, 2.75) is 77.2 Å². The van der Waals surface area contributed by atoms with Crippen molar-refractivity contribution in [2.75, 3.05) is 0 Å². The van der Waals surface area contributed by atoms with Gasteiger partial charge in [-0.2, -0.15) is 10.5 Å². The lowest BCUT2D eigenvalue weighted by molar-refractivity contribution is 0.126. The van der Waals surface area contributed by atoms with Crippen molar-refractivity contribution in [2.24, 2.45) is 11.3 Å². The van der Waals surface area contributed by atoms with Crippen LogP contribution in [0.3, 0.4) is 0 Å². The molecular weight excluding hydrogens is 611 g/mol. The lowest BCUT2D eigenvalue weighted by Crippen LogP contribution is -2.41. The van der Waals surface area contributed by atoms with Gasteiger partial charge in [-0.15, -0.1) is 11.6 Å². The Bertz CT molecular complexity index is 1770. The molecular formula is C40H40Cl2N2O2. The van der Waals surface area contributed by atoms with E-state index in [2.05, 4.69) is 57.2 Å². The zero-order valence-corrected chi connectivity index (χ0v) is 28.6. The molecule has 1 fully saturated rings. The number of hydrogen-bond donors (Lipinski definition) is 0. The van der Waals surface area contributed by atoms with Gasteiger partial charge < -0.3 is 9.47 Å². The summed E-state index contributed by atoms with van der Waals surface area (Å²) in [4.78, 5) is 0. The molecule has 6 heteroatoms. The Balaban J connectivity index is 1.47. The first-order valence-corrected chi connectivity index (χ1v) is 16.7. The monoisotopic (exact) mass is 650 g/mol. The SMILES string of the molecule is CCC(Oc1ccc(C2(c3ccc(Oc4cccc(C(C)Cl)c4C#N)cc3)CC(C)CC(C)(C)C2)cc1)c1cccc(Cl)c1C#N. The maximum absolute atomic E-state index is 9.83. The summed E-state index contributed by atoms with van der Waals surface area (Å²) in [5.41, 5.74) is 4.91. The summed E-state index contributed by atoms with van der Waals surface area (Å²) in [6, 6.07) is 32.4. The van der Waals surface area contributed by atoms with E-state index in [9.17, 15) is 10.5 Å². The van der Waals surface area contributed by atoms with Crippen LogP contribution in [0.1, 0.15) is 105 Å². The van der Waals surface area contributed by atoms with Crippen molar-refractivity contribution in [3.8, 4) is 29.4 Å². The van der Waals surface area contributed by atoms with Crippen LogP contribution in [0.2, 0.25) is 5.02 Å². The van der Waals surface area contributed by atoms with E-state index in [4.69, 9.17) is 32.7 Å². The standard InChI is InChI=1S/C40H40Cl2N2O2/c1-6-37(33-10-7-11-36(42)34(33)23-43)45-30-17-13-28(14-18-30)40(22-26(2)21-39(4,5)25-40)29-15-19-31(20-16-29)46-38-12-8-9-32(27(3)41)35(38)24-44/h7-20,26-27,37H,6,21-22,25H2,1-5H3. The Morgan fingerprint density at radius 1 is 0.826 bits per heavy atom. The van der Waals surface area contributed by atoms with Gasteiger partial charge in [-0.1, -0.05) is 87.8 Å². The maximum atomic E-state index is 9.83. The molecule has 0 amide bonds. The van der Waals surface area contributed by atoms with Crippen molar-refractivity contribution < 1.29 is 9.47 Å². The third-order valence-electron chi connectivity index (χ3n) is 9.17. The molecule has 0 aromatic heterocycles. The number of hydrogen-bond acceptors (Lipinski definition) is 4. The average Bonchev–Trinajstić information content (AvgIpc) is 3.03. The molecule has 46 heavy (non-hydrogen) atoms. The predicted octanol–water partition coefficient (Wildman–Crippen LogP) is 11.8. The van der Waals surface area contributed by atoms with E-state index in [1.807, 2.05) is 68.4 Å². The van der Waals surface area contributed by atoms with E-state index in [0.717, 1.165) is 29.7 Å². The molecule has 0 bridgehead atoms. The van der Waals surface area contributed by atoms with Crippen LogP contribution < -0.4 is 9.47 Å². The zero-order chi connectivity index (χ0) is 33.1. The van der Waals surface area contributed by atoms with Crippen LogP contribution in [0.5, 0.6) is 17.2 Å². The molecule has 0 spiro atoms. The fourth-order valence-electron chi connectivity index (χ4n) is 7.54. The summed E-state index contributed by atoms with van der Waals surface area (Å²) in [6.07, 6.45) is 3.61. The van der Waals surface area contributed by atoms with Crippen molar-refractivity contribution in [3.63, 3.8) is 0 Å². The number of ether oxygens (including phenoxy) is 2. The highest BCUT2D eigenvalue weighted by Crippen LogP contribution is 2.54. The van der Waals surface area contributed by atoms with Crippen molar-refractivity contribution in [1.29, 1.82) is 10.5 Å². The second kappa shape index (κ2) is 13.8. The second-order valence-electron chi connectivity index (χ2n) is 13.4. The van der Waals surface area contributed by atoms with Crippen LogP contribution in [0, 0.1) is 34.0 Å². The van der Waals surface area contributed by atoms with Crippen LogP contribution in [0.25, 0.3) is 0 Å². The molecule has 1 saturated carbocycles. The number of nitrogens with zero attached hydrogens (tertiary/aromatic N) is 2. The average molecular weight is 652 g/mol. The summed E-state index contributed by atoms with van der Waals surface area (Å²) >= 11 is 12.7. The number of alkyl halides is 1. The molecule has 4 nitrogen and oxygen atoms in total. The van der Waals surface area contributed by atoms with Gasteiger partial charge in [0.05, 0.1) is 21.5 Å². The zero-order valence-electron chi connectivity index (χ0n) is 27.1. The highest BCUT2D eigenvalue weighted by molar-refractivity contribution is 6.31. The van der Waals surface area contributed by atoms with Crippen LogP contribution in [-0.4, -0.2) is 0 Å². The first-order chi connectivity index (χ1) is 22.0. The van der Waals surface area contributed by atoms with Gasteiger partial charge >= 0.3 is 0 Å². The first-order valence-electron chi connectivity index (χ1n) is 15.9. The smallest absolute Gasteiger partial charge is 0.145 e. The summed E-state index contributed by atoms with van der Waals surface area (Å²) in [6.45, 7) is 11.0. The fourth-order valence-corrected chi connectivity index (χ4v) is 7.95. The molecule has 1 aliphatic rings. The lowest BCUT2D eigenvalue weighted by atomic mass is 9.55. The van der Waals surface area contributed by atoms with Crippen molar-refractivity contribution in [3.05, 3.63) is 123 Å². The van der Waals surface area contributed by atoms with Gasteiger partial charge in [-0.05, 0) is 97.0 Å². The second-order valence-corrected chi connectivity index (χ2v) is 14.4. The molecule has 0 saturated heterocycles. The van der Waals surface area contributed by atoms with E-state index in [0.29, 0.717) is 40.0 Å². The normalized spacial score (nSPS) is 20.2. The number of halogens is 2. The minimum Gasteiger partial charge on any atom is -0.486 e. The van der Waals surface area contributed by atoms with Gasteiger partial charge in [0.25, 0.3) is 0 Å². The fraction of sp³-hybridized carbons (Fsp3) is 0.350. The van der Waals surface area contributed by atoms with Gasteiger partial charge in [0.1, 0.15) is 35.5 Å². The van der Waals surface area contributed by atoms with Crippen molar-refractivity contribution >= 4 is 23.2 Å². The Hall–Kier alpha value is -3.96. The molecule has 4 aromatic carbocycles. The van der Waals surface area contributed by atoms with E-state index in [1.54, 1.807) is 6.07 Å². The molecule has 236 valence electrons. The van der Waals surface area contributed by atoms with Gasteiger partial charge in [0.2, 0.25) is 0 Å². The topological polar surface area (TPSA) is 66.0 Å². The van der Waals surface area contributed by atoms with Crippen LogP contribution >= 0.6 is 23.2 Å². The maximum Gasteiger partial charge on any atom is 0.145 e. The largest absolute Gasteiger partial charge is 0.486 e. The highest BCUT2D eigenvalue weighted by Gasteiger charge is 2.45. The molecule has 0 heterocycles. The number of nitriles is 2. The van der Waals surface area contributed by atoms with Gasteiger partial charge in [-0.3, -0.25) is 0 Å². The van der Waals surface area contributed by atoms with E-state index in [-0.39, 0.29) is 22.3 Å². The Morgan fingerprint density at radius 2 is 1.41 bits per heavy atom. The Kier molecular flexibility index (Phi) is 10.0. The van der Waals surface area contributed by atoms with E-state index >= 15 is 0 Å². The lowest BCUT2D eigenvalue weighted by Gasteiger charge is -2.48. The van der Waals surface area contributed by atoms with E-state index in [1.165, 1.54) is 17.5 Å². The Morgan fingerprint density at radius 3 is 1.98 bits per heavy atom. The minimum absolute atomic E-state index is 0.149. The minimum atomic E-state index is -0.298. The van der Waals surface area contributed by atoms with Gasteiger partial charge in [0.15, 0.2) is 0 Å².